The number of para-hydroxylation sites is 1. The molecule has 0 radical (unpaired) electrons. The standard InChI is InChI=1S/C21H22N2O3/c24-19(23-9-7-21(8-10-23)12-16(21)20(25)26)15-11-18(13-5-6-13)22-17-4-2-1-3-14(15)17/h1-4,11,13,16H,5-10,12H2,(H,25,26). The van der Waals surface area contributed by atoms with Gasteiger partial charge in [-0.1, -0.05) is 18.2 Å². The summed E-state index contributed by atoms with van der Waals surface area (Å²) in [6, 6.07) is 9.85. The number of hydrogen-bond acceptors (Lipinski definition) is 3. The third kappa shape index (κ3) is 2.49. The zero-order chi connectivity index (χ0) is 17.9. The van der Waals surface area contributed by atoms with Crippen molar-refractivity contribution < 1.29 is 14.7 Å². The van der Waals surface area contributed by atoms with Gasteiger partial charge in [0.15, 0.2) is 0 Å². The van der Waals surface area contributed by atoms with Gasteiger partial charge in [0.2, 0.25) is 0 Å². The first kappa shape index (κ1) is 15.8. The maximum Gasteiger partial charge on any atom is 0.307 e. The van der Waals surface area contributed by atoms with Crippen molar-refractivity contribution in [2.24, 2.45) is 11.3 Å². The topological polar surface area (TPSA) is 70.5 Å². The lowest BCUT2D eigenvalue weighted by molar-refractivity contribution is -0.139. The van der Waals surface area contributed by atoms with Gasteiger partial charge in [0.1, 0.15) is 0 Å². The van der Waals surface area contributed by atoms with Crippen LogP contribution < -0.4 is 0 Å². The predicted octanol–water partition coefficient (Wildman–Crippen LogP) is 3.44. The number of likely N-dealkylation sites (tertiary alicyclic amines) is 1. The van der Waals surface area contributed by atoms with Gasteiger partial charge in [-0.25, -0.2) is 0 Å². The van der Waals surface area contributed by atoms with Crippen LogP contribution in [0.3, 0.4) is 0 Å². The fourth-order valence-corrected chi connectivity index (χ4v) is 4.54. The van der Waals surface area contributed by atoms with Gasteiger partial charge in [-0.3, -0.25) is 14.6 Å². The summed E-state index contributed by atoms with van der Waals surface area (Å²) >= 11 is 0. The summed E-state index contributed by atoms with van der Waals surface area (Å²) in [6.07, 6.45) is 4.68. The highest BCUT2D eigenvalue weighted by atomic mass is 16.4. The molecule has 0 bridgehead atoms. The van der Waals surface area contributed by atoms with E-state index in [1.54, 1.807) is 0 Å². The van der Waals surface area contributed by atoms with Gasteiger partial charge in [0.05, 0.1) is 17.0 Å². The van der Waals surface area contributed by atoms with Crippen LogP contribution in [0.2, 0.25) is 0 Å². The van der Waals surface area contributed by atoms with Crippen LogP contribution in [0.25, 0.3) is 10.9 Å². The van der Waals surface area contributed by atoms with E-state index in [0.29, 0.717) is 19.0 Å². The molecule has 1 N–H and O–H groups in total. The average Bonchev–Trinajstić information content (AvgIpc) is 3.56. The third-order valence-corrected chi connectivity index (χ3v) is 6.50. The summed E-state index contributed by atoms with van der Waals surface area (Å²) in [6.45, 7) is 1.30. The summed E-state index contributed by atoms with van der Waals surface area (Å²) < 4.78 is 0. The summed E-state index contributed by atoms with van der Waals surface area (Å²) in [7, 11) is 0. The quantitative estimate of drug-likeness (QED) is 0.920. The molecule has 5 nitrogen and oxygen atoms in total. The number of carboxylic acids is 1. The first-order valence-corrected chi connectivity index (χ1v) is 9.49. The van der Waals surface area contributed by atoms with Gasteiger partial charge in [0, 0.05) is 30.1 Å². The summed E-state index contributed by atoms with van der Waals surface area (Å²) in [5.74, 6) is -0.326. The Hall–Kier alpha value is -2.43. The smallest absolute Gasteiger partial charge is 0.307 e. The van der Waals surface area contributed by atoms with E-state index in [1.807, 2.05) is 35.2 Å². The molecule has 1 aliphatic heterocycles. The third-order valence-electron chi connectivity index (χ3n) is 6.50. The van der Waals surface area contributed by atoms with Gasteiger partial charge in [0.25, 0.3) is 5.91 Å². The number of carbonyl (C=O) groups is 2. The number of hydrogen-bond donors (Lipinski definition) is 1. The van der Waals surface area contributed by atoms with Crippen LogP contribution in [0.4, 0.5) is 0 Å². The van der Waals surface area contributed by atoms with Gasteiger partial charge >= 0.3 is 5.97 Å². The van der Waals surface area contributed by atoms with E-state index in [0.717, 1.165) is 54.3 Å². The minimum Gasteiger partial charge on any atom is -0.481 e. The number of carboxylic acid groups (broad SMARTS) is 1. The van der Waals surface area contributed by atoms with E-state index in [-0.39, 0.29) is 17.2 Å². The number of carbonyl (C=O) groups excluding carboxylic acids is 1. The number of amides is 1. The molecule has 1 saturated heterocycles. The van der Waals surface area contributed by atoms with Crippen molar-refractivity contribution in [3.63, 3.8) is 0 Å². The van der Waals surface area contributed by atoms with Crippen molar-refractivity contribution in [2.45, 2.75) is 38.0 Å². The number of rotatable bonds is 3. The average molecular weight is 350 g/mol. The van der Waals surface area contributed by atoms with Crippen LogP contribution in [-0.2, 0) is 4.79 Å². The molecule has 2 saturated carbocycles. The van der Waals surface area contributed by atoms with E-state index >= 15 is 0 Å². The highest BCUT2D eigenvalue weighted by molar-refractivity contribution is 6.06. The zero-order valence-corrected chi connectivity index (χ0v) is 14.6. The van der Waals surface area contributed by atoms with Gasteiger partial charge < -0.3 is 10.0 Å². The number of aromatic nitrogens is 1. The molecule has 1 aromatic carbocycles. The van der Waals surface area contributed by atoms with Crippen molar-refractivity contribution in [3.8, 4) is 0 Å². The summed E-state index contributed by atoms with van der Waals surface area (Å²) in [5, 5.41) is 10.2. The van der Waals surface area contributed by atoms with Crippen molar-refractivity contribution >= 4 is 22.8 Å². The molecule has 26 heavy (non-hydrogen) atoms. The van der Waals surface area contributed by atoms with E-state index < -0.39 is 5.97 Å². The fourth-order valence-electron chi connectivity index (χ4n) is 4.54. The molecule has 2 aromatic rings. The molecule has 1 atom stereocenters. The Labute approximate surface area is 152 Å². The number of piperidine rings is 1. The summed E-state index contributed by atoms with van der Waals surface area (Å²) in [5.41, 5.74) is 2.62. The highest BCUT2D eigenvalue weighted by Gasteiger charge is 2.59. The molecular weight excluding hydrogens is 328 g/mol. The second-order valence-corrected chi connectivity index (χ2v) is 8.14. The molecule has 3 aliphatic rings. The second kappa shape index (κ2) is 5.53. The molecule has 1 amide bonds. The molecule has 134 valence electrons. The lowest BCUT2D eigenvalue weighted by atomic mass is 9.90. The SMILES string of the molecule is O=C(O)C1CC12CCN(C(=O)c1cc(C3CC3)nc3ccccc13)CC2. The molecule has 5 rings (SSSR count). The van der Waals surface area contributed by atoms with Crippen molar-refractivity contribution in [2.75, 3.05) is 13.1 Å². The molecule has 2 heterocycles. The monoisotopic (exact) mass is 350 g/mol. The molecule has 5 heteroatoms. The molecule has 1 spiro atoms. The first-order valence-electron chi connectivity index (χ1n) is 9.49. The van der Waals surface area contributed by atoms with Crippen LogP contribution in [0.15, 0.2) is 30.3 Å². The van der Waals surface area contributed by atoms with E-state index in [1.165, 1.54) is 0 Å². The first-order chi connectivity index (χ1) is 12.6. The van der Waals surface area contributed by atoms with Gasteiger partial charge in [-0.2, -0.15) is 0 Å². The minimum absolute atomic E-state index is 0.0535. The van der Waals surface area contributed by atoms with E-state index in [4.69, 9.17) is 4.98 Å². The second-order valence-electron chi connectivity index (χ2n) is 8.14. The number of aliphatic carboxylic acids is 1. The Morgan fingerprint density at radius 3 is 2.54 bits per heavy atom. The van der Waals surface area contributed by atoms with Crippen molar-refractivity contribution in [1.29, 1.82) is 0 Å². The Kier molecular flexibility index (Phi) is 3.36. The normalized spacial score (nSPS) is 24.0. The fraction of sp³-hybridized carbons (Fsp3) is 0.476. The van der Waals surface area contributed by atoms with Crippen molar-refractivity contribution in [3.05, 3.63) is 41.6 Å². The van der Waals surface area contributed by atoms with E-state index in [2.05, 4.69) is 0 Å². The molecule has 3 fully saturated rings. The largest absolute Gasteiger partial charge is 0.481 e. The highest BCUT2D eigenvalue weighted by Crippen LogP contribution is 2.59. The Morgan fingerprint density at radius 1 is 1.15 bits per heavy atom. The predicted molar refractivity (Wildman–Crippen MR) is 97.0 cm³/mol. The van der Waals surface area contributed by atoms with Crippen LogP contribution in [0.5, 0.6) is 0 Å². The maximum atomic E-state index is 13.2. The molecule has 2 aliphatic carbocycles. The van der Waals surface area contributed by atoms with Gasteiger partial charge in [-0.15, -0.1) is 0 Å². The Balaban J connectivity index is 1.42. The van der Waals surface area contributed by atoms with Crippen LogP contribution in [0.1, 0.15) is 54.1 Å². The molecule has 1 aromatic heterocycles. The van der Waals surface area contributed by atoms with Crippen LogP contribution in [0, 0.1) is 11.3 Å². The van der Waals surface area contributed by atoms with Gasteiger partial charge in [-0.05, 0) is 49.7 Å². The lowest BCUT2D eigenvalue weighted by Crippen LogP contribution is -2.40. The lowest BCUT2D eigenvalue weighted by Gasteiger charge is -2.33. The molecular formula is C21H22N2O3. The zero-order valence-electron chi connectivity index (χ0n) is 14.6. The van der Waals surface area contributed by atoms with E-state index in [9.17, 15) is 14.7 Å². The Bertz CT molecular complexity index is 911. The van der Waals surface area contributed by atoms with Crippen LogP contribution >= 0.6 is 0 Å². The number of benzene rings is 1. The van der Waals surface area contributed by atoms with Crippen LogP contribution in [-0.4, -0.2) is 40.0 Å². The number of nitrogens with zero attached hydrogens (tertiary/aromatic N) is 2. The van der Waals surface area contributed by atoms with Crippen molar-refractivity contribution in [1.82, 2.24) is 9.88 Å². The maximum absolute atomic E-state index is 13.2. The summed E-state index contributed by atoms with van der Waals surface area (Å²) in [4.78, 5) is 31.1. The minimum atomic E-state index is -0.682. The Morgan fingerprint density at radius 2 is 1.88 bits per heavy atom. The number of fused-ring (bicyclic) bond motifs is 1. The number of pyridine rings is 1. The molecule has 1 unspecified atom stereocenters.